The molecule has 1 N–H and O–H groups in total. The van der Waals surface area contributed by atoms with Gasteiger partial charge in [-0.15, -0.1) is 0 Å². The largest absolute Gasteiger partial charge is 0.435 e. The molecule has 2 atom stereocenters. The zero-order chi connectivity index (χ0) is 15.8. The molecule has 1 aliphatic rings. The van der Waals surface area contributed by atoms with Crippen LogP contribution in [0.5, 0.6) is 0 Å². The number of nitrogens with one attached hydrogen (secondary N) is 1. The fourth-order valence-corrected chi connectivity index (χ4v) is 3.56. The van der Waals surface area contributed by atoms with Crippen molar-refractivity contribution in [2.45, 2.75) is 50.9 Å². The van der Waals surface area contributed by atoms with Gasteiger partial charge in [0.05, 0.1) is 12.3 Å². The highest BCUT2D eigenvalue weighted by Gasteiger charge is 2.37. The van der Waals surface area contributed by atoms with Crippen molar-refractivity contribution in [3.63, 3.8) is 0 Å². The van der Waals surface area contributed by atoms with Gasteiger partial charge >= 0.3 is 6.18 Å². The first-order valence-electron chi connectivity index (χ1n) is 6.73. The van der Waals surface area contributed by atoms with Crippen molar-refractivity contribution in [1.29, 1.82) is 0 Å². The Hall–Kier alpha value is -1.09. The van der Waals surface area contributed by atoms with E-state index in [0.29, 0.717) is 31.4 Å². The van der Waals surface area contributed by atoms with E-state index >= 15 is 0 Å². The fourth-order valence-electron chi connectivity index (χ4n) is 2.74. The van der Waals surface area contributed by atoms with Crippen LogP contribution in [0.1, 0.15) is 43.6 Å². The van der Waals surface area contributed by atoms with Crippen LogP contribution in [-0.4, -0.2) is 30.5 Å². The Morgan fingerprint density at radius 1 is 1.43 bits per heavy atom. The van der Waals surface area contributed by atoms with Crippen LogP contribution < -0.4 is 4.72 Å². The van der Waals surface area contributed by atoms with Crippen molar-refractivity contribution in [2.75, 3.05) is 6.26 Å². The third-order valence-electron chi connectivity index (χ3n) is 3.60. The maximum atomic E-state index is 12.7. The summed E-state index contributed by atoms with van der Waals surface area (Å²) in [6.45, 7) is 1.77. The van der Waals surface area contributed by atoms with E-state index in [9.17, 15) is 21.6 Å². The summed E-state index contributed by atoms with van der Waals surface area (Å²) < 4.78 is 64.5. The molecule has 0 aliphatic heterocycles. The molecule has 5 nitrogen and oxygen atoms in total. The van der Waals surface area contributed by atoms with E-state index in [0.717, 1.165) is 12.3 Å². The number of alkyl halides is 3. The van der Waals surface area contributed by atoms with Gasteiger partial charge in [-0.2, -0.15) is 18.3 Å². The van der Waals surface area contributed by atoms with E-state index in [1.54, 1.807) is 6.92 Å². The van der Waals surface area contributed by atoms with Gasteiger partial charge in [0.15, 0.2) is 5.69 Å². The maximum absolute atomic E-state index is 12.7. The van der Waals surface area contributed by atoms with Gasteiger partial charge in [0.1, 0.15) is 0 Å². The molecule has 2 unspecified atom stereocenters. The first-order valence-corrected chi connectivity index (χ1v) is 8.62. The Kier molecular flexibility index (Phi) is 4.34. The van der Waals surface area contributed by atoms with E-state index in [4.69, 9.17) is 0 Å². The molecule has 2 rings (SSSR count). The van der Waals surface area contributed by atoms with Crippen LogP contribution in [0.4, 0.5) is 13.2 Å². The highest BCUT2D eigenvalue weighted by atomic mass is 32.2. The minimum absolute atomic E-state index is 0.199. The smallest absolute Gasteiger partial charge is 0.266 e. The van der Waals surface area contributed by atoms with Crippen LogP contribution in [0.2, 0.25) is 0 Å². The summed E-state index contributed by atoms with van der Waals surface area (Å²) in [6.07, 6.45) is -1.27. The van der Waals surface area contributed by atoms with Crippen molar-refractivity contribution in [2.24, 2.45) is 0 Å². The van der Waals surface area contributed by atoms with Gasteiger partial charge in [-0.05, 0) is 31.7 Å². The Bertz CT molecular complexity index is 610. The molecule has 0 radical (unpaired) electrons. The molecule has 0 bridgehead atoms. The van der Waals surface area contributed by atoms with E-state index < -0.39 is 21.9 Å². The number of halogens is 3. The lowest BCUT2D eigenvalue weighted by Gasteiger charge is -2.15. The standard InChI is InChI=1S/C12H18F3N3O2S/c1-3-9-7-11(12(13,14)15)16-18(9)10-5-4-8(6-10)17-21(2,19)20/h7-8,10,17H,3-6H2,1-2H3. The van der Waals surface area contributed by atoms with Crippen LogP contribution in [-0.2, 0) is 22.6 Å². The normalized spacial score (nSPS) is 23.7. The first kappa shape index (κ1) is 16.3. The predicted molar refractivity (Wildman–Crippen MR) is 71.3 cm³/mol. The molecule has 1 saturated carbocycles. The number of aromatic nitrogens is 2. The van der Waals surface area contributed by atoms with E-state index in [2.05, 4.69) is 9.82 Å². The van der Waals surface area contributed by atoms with Crippen molar-refractivity contribution in [3.8, 4) is 0 Å². The van der Waals surface area contributed by atoms with Gasteiger partial charge in [0.2, 0.25) is 10.0 Å². The van der Waals surface area contributed by atoms with Gasteiger partial charge in [-0.3, -0.25) is 4.68 Å². The quantitative estimate of drug-likeness (QED) is 0.922. The molecule has 1 fully saturated rings. The zero-order valence-electron chi connectivity index (χ0n) is 11.8. The summed E-state index contributed by atoms with van der Waals surface area (Å²) in [5.74, 6) is 0. The Morgan fingerprint density at radius 3 is 2.62 bits per heavy atom. The zero-order valence-corrected chi connectivity index (χ0v) is 12.6. The molecule has 9 heteroatoms. The molecule has 0 aromatic carbocycles. The van der Waals surface area contributed by atoms with E-state index in [1.165, 1.54) is 4.68 Å². The summed E-state index contributed by atoms with van der Waals surface area (Å²) >= 11 is 0. The molecule has 21 heavy (non-hydrogen) atoms. The summed E-state index contributed by atoms with van der Waals surface area (Å²) in [7, 11) is -3.31. The number of sulfonamides is 1. The van der Waals surface area contributed by atoms with Crippen molar-refractivity contribution < 1.29 is 21.6 Å². The summed E-state index contributed by atoms with van der Waals surface area (Å²) in [4.78, 5) is 0. The van der Waals surface area contributed by atoms with Crippen LogP contribution in [0.15, 0.2) is 6.07 Å². The summed E-state index contributed by atoms with van der Waals surface area (Å²) in [5, 5.41) is 3.68. The molecule has 0 saturated heterocycles. The molecule has 120 valence electrons. The molecular formula is C12H18F3N3O2S. The Balaban J connectivity index is 2.18. The van der Waals surface area contributed by atoms with E-state index in [-0.39, 0.29) is 12.1 Å². The minimum atomic E-state index is -4.46. The molecular weight excluding hydrogens is 307 g/mol. The average Bonchev–Trinajstić information content (AvgIpc) is 2.90. The predicted octanol–water partition coefficient (Wildman–Crippen LogP) is 2.11. The van der Waals surface area contributed by atoms with Crippen molar-refractivity contribution in [1.82, 2.24) is 14.5 Å². The molecule has 0 spiro atoms. The summed E-state index contributed by atoms with van der Waals surface area (Å²) in [5.41, 5.74) is -0.369. The highest BCUT2D eigenvalue weighted by molar-refractivity contribution is 7.88. The Morgan fingerprint density at radius 2 is 2.10 bits per heavy atom. The van der Waals surface area contributed by atoms with Gasteiger partial charge in [-0.1, -0.05) is 6.92 Å². The van der Waals surface area contributed by atoms with Crippen LogP contribution in [0.3, 0.4) is 0 Å². The number of rotatable bonds is 4. The monoisotopic (exact) mass is 325 g/mol. The van der Waals surface area contributed by atoms with Gasteiger partial charge in [0, 0.05) is 11.7 Å². The second-order valence-corrected chi connectivity index (χ2v) is 7.15. The number of nitrogens with zero attached hydrogens (tertiary/aromatic N) is 2. The number of hydrogen-bond donors (Lipinski definition) is 1. The minimum Gasteiger partial charge on any atom is -0.266 e. The van der Waals surface area contributed by atoms with Crippen molar-refractivity contribution >= 4 is 10.0 Å². The van der Waals surface area contributed by atoms with Gasteiger partial charge in [-0.25, -0.2) is 13.1 Å². The highest BCUT2D eigenvalue weighted by Crippen LogP contribution is 2.34. The first-order chi connectivity index (χ1) is 9.60. The average molecular weight is 325 g/mol. The van der Waals surface area contributed by atoms with Crippen molar-refractivity contribution in [3.05, 3.63) is 17.5 Å². The maximum Gasteiger partial charge on any atom is 0.435 e. The lowest BCUT2D eigenvalue weighted by Crippen LogP contribution is -2.32. The van der Waals surface area contributed by atoms with Gasteiger partial charge < -0.3 is 0 Å². The van der Waals surface area contributed by atoms with Gasteiger partial charge in [0.25, 0.3) is 0 Å². The van der Waals surface area contributed by atoms with Crippen LogP contribution in [0.25, 0.3) is 0 Å². The lowest BCUT2D eigenvalue weighted by atomic mass is 10.2. The molecule has 1 aromatic heterocycles. The van der Waals surface area contributed by atoms with Crippen LogP contribution in [0, 0.1) is 0 Å². The molecule has 1 heterocycles. The second kappa shape index (κ2) is 5.60. The van der Waals surface area contributed by atoms with E-state index in [1.807, 2.05) is 0 Å². The molecule has 1 aliphatic carbocycles. The molecule has 1 aromatic rings. The molecule has 0 amide bonds. The lowest BCUT2D eigenvalue weighted by molar-refractivity contribution is -0.141. The number of hydrogen-bond acceptors (Lipinski definition) is 3. The summed E-state index contributed by atoms with van der Waals surface area (Å²) in [6, 6.07) is 0.626. The third kappa shape index (κ3) is 3.97. The topological polar surface area (TPSA) is 64.0 Å². The number of aryl methyl sites for hydroxylation is 1. The Labute approximate surface area is 121 Å². The third-order valence-corrected chi connectivity index (χ3v) is 4.36. The van der Waals surface area contributed by atoms with Crippen LogP contribution >= 0.6 is 0 Å². The fraction of sp³-hybridized carbons (Fsp3) is 0.750. The second-order valence-electron chi connectivity index (χ2n) is 5.37. The SMILES string of the molecule is CCc1cc(C(F)(F)F)nn1C1CCC(NS(C)(=O)=O)C1.